The van der Waals surface area contributed by atoms with Gasteiger partial charge in [0, 0.05) is 46.8 Å². The van der Waals surface area contributed by atoms with Gasteiger partial charge in [-0.1, -0.05) is 29.8 Å². The number of amides is 2. The first-order valence-corrected chi connectivity index (χ1v) is 12.7. The van der Waals surface area contributed by atoms with Gasteiger partial charge in [0.15, 0.2) is 5.82 Å². The Hall–Kier alpha value is -4.18. The number of nitrogens with zero attached hydrogens (tertiary/aromatic N) is 6. The molecule has 1 saturated heterocycles. The van der Waals surface area contributed by atoms with Crippen LogP contribution in [0.5, 0.6) is 5.75 Å². The fraction of sp³-hybridized carbons (Fsp3) is 0.286. The molecular formula is C28H30ClFN6O3. The van der Waals surface area contributed by atoms with Crippen molar-refractivity contribution < 1.29 is 19.1 Å². The van der Waals surface area contributed by atoms with Crippen LogP contribution in [0.2, 0.25) is 5.02 Å². The summed E-state index contributed by atoms with van der Waals surface area (Å²) in [5.41, 5.74) is 1.52. The predicted octanol–water partition coefficient (Wildman–Crippen LogP) is 4.15. The average molecular weight is 553 g/mol. The number of benzene rings is 2. The summed E-state index contributed by atoms with van der Waals surface area (Å²) >= 11 is 6.69. The number of amidine groups is 1. The number of phenols is 1. The number of halogens is 2. The lowest BCUT2D eigenvalue weighted by molar-refractivity contribution is -0.120. The summed E-state index contributed by atoms with van der Waals surface area (Å²) in [6.07, 6.45) is 1.45. The summed E-state index contributed by atoms with van der Waals surface area (Å²) in [5.74, 6) is -0.377. The second-order valence-electron chi connectivity index (χ2n) is 9.37. The highest BCUT2D eigenvalue weighted by atomic mass is 35.5. The van der Waals surface area contributed by atoms with Crippen molar-refractivity contribution in [2.75, 3.05) is 50.6 Å². The Morgan fingerprint density at radius 2 is 1.87 bits per heavy atom. The van der Waals surface area contributed by atoms with Gasteiger partial charge in [0.1, 0.15) is 17.4 Å². The van der Waals surface area contributed by atoms with Crippen LogP contribution >= 0.6 is 11.6 Å². The molecule has 39 heavy (non-hydrogen) atoms. The Bertz CT molecular complexity index is 1400. The maximum atomic E-state index is 14.9. The first-order valence-electron chi connectivity index (χ1n) is 12.3. The van der Waals surface area contributed by atoms with Crippen LogP contribution in [0.25, 0.3) is 11.3 Å². The van der Waals surface area contributed by atoms with Crippen molar-refractivity contribution in [3.05, 3.63) is 64.9 Å². The molecule has 0 saturated carbocycles. The monoisotopic (exact) mass is 552 g/mol. The molecule has 0 bridgehead atoms. The van der Waals surface area contributed by atoms with Crippen LogP contribution in [-0.2, 0) is 9.59 Å². The molecule has 1 aliphatic rings. The molecule has 3 aromatic rings. The molecule has 9 nitrogen and oxygen atoms in total. The van der Waals surface area contributed by atoms with Crippen molar-refractivity contribution in [3.63, 3.8) is 0 Å². The van der Waals surface area contributed by atoms with Crippen molar-refractivity contribution in [1.29, 1.82) is 0 Å². The molecule has 1 aromatic heterocycles. The predicted molar refractivity (Wildman–Crippen MR) is 152 cm³/mol. The highest BCUT2D eigenvalue weighted by Crippen LogP contribution is 2.41. The molecule has 1 aliphatic heterocycles. The second kappa shape index (κ2) is 11.7. The van der Waals surface area contributed by atoms with Gasteiger partial charge in [-0.05, 0) is 37.3 Å². The van der Waals surface area contributed by atoms with E-state index in [1.807, 2.05) is 43.0 Å². The topological polar surface area (TPSA) is 92.6 Å². The van der Waals surface area contributed by atoms with Crippen LogP contribution in [0, 0.1) is 5.82 Å². The molecule has 2 amide bonds. The standard InChI is InChI=1S/C28H30ClFN6O3/c1-18-15-34(16-37)12-13-35(18)27(31-2)19-14-20(29)26(25-21(30)8-7-11-24(25)39)32-28(19)36(17-38)23-10-6-5-9-22(23)33(3)4/h5-11,14,16-18,39H,12-13,15H2,1-4H3/b31-27+. The lowest BCUT2D eigenvalue weighted by Gasteiger charge is -2.40. The molecule has 11 heteroatoms. The average Bonchev–Trinajstić information content (AvgIpc) is 2.92. The minimum absolute atomic E-state index is 0.0190. The van der Waals surface area contributed by atoms with Crippen LogP contribution in [0.15, 0.2) is 53.5 Å². The smallest absolute Gasteiger partial charge is 0.219 e. The molecule has 1 fully saturated rings. The number of aromatic hydroxyl groups is 1. The summed E-state index contributed by atoms with van der Waals surface area (Å²) in [6.45, 7) is 3.45. The summed E-state index contributed by atoms with van der Waals surface area (Å²) in [7, 11) is 5.34. The lowest BCUT2D eigenvalue weighted by atomic mass is 10.1. The van der Waals surface area contributed by atoms with E-state index in [-0.39, 0.29) is 33.9 Å². The van der Waals surface area contributed by atoms with Crippen molar-refractivity contribution in [2.45, 2.75) is 13.0 Å². The van der Waals surface area contributed by atoms with Gasteiger partial charge in [0.2, 0.25) is 12.8 Å². The van der Waals surface area contributed by atoms with Crippen molar-refractivity contribution in [2.24, 2.45) is 4.99 Å². The van der Waals surface area contributed by atoms with E-state index >= 15 is 0 Å². The third kappa shape index (κ3) is 5.37. The van der Waals surface area contributed by atoms with Gasteiger partial charge in [-0.3, -0.25) is 19.5 Å². The fourth-order valence-electron chi connectivity index (χ4n) is 4.82. The van der Waals surface area contributed by atoms with Crippen LogP contribution in [0.4, 0.5) is 21.6 Å². The van der Waals surface area contributed by atoms with Gasteiger partial charge in [-0.15, -0.1) is 0 Å². The number of para-hydroxylation sites is 2. The molecule has 4 rings (SSSR count). The molecule has 0 radical (unpaired) electrons. The number of aliphatic imine (C=N–C) groups is 1. The van der Waals surface area contributed by atoms with Crippen LogP contribution in [0.1, 0.15) is 12.5 Å². The van der Waals surface area contributed by atoms with Gasteiger partial charge in [-0.25, -0.2) is 9.37 Å². The Labute approximate surface area is 231 Å². The van der Waals surface area contributed by atoms with E-state index in [1.165, 1.54) is 23.1 Å². The van der Waals surface area contributed by atoms with E-state index in [4.69, 9.17) is 16.6 Å². The first-order chi connectivity index (χ1) is 18.7. The Morgan fingerprint density at radius 1 is 1.15 bits per heavy atom. The maximum Gasteiger partial charge on any atom is 0.219 e. The molecule has 1 atom stereocenters. The van der Waals surface area contributed by atoms with Crippen molar-refractivity contribution >= 4 is 47.4 Å². The summed E-state index contributed by atoms with van der Waals surface area (Å²) in [6, 6.07) is 12.7. The number of rotatable bonds is 7. The number of piperazine rings is 1. The summed E-state index contributed by atoms with van der Waals surface area (Å²) in [5, 5.41) is 10.6. The quantitative estimate of drug-likeness (QED) is 0.269. The molecule has 0 aliphatic carbocycles. The zero-order valence-electron chi connectivity index (χ0n) is 22.2. The van der Waals surface area contributed by atoms with Crippen molar-refractivity contribution in [3.8, 4) is 17.0 Å². The minimum atomic E-state index is -0.711. The normalized spacial score (nSPS) is 15.7. The van der Waals surface area contributed by atoms with Gasteiger partial charge >= 0.3 is 0 Å². The third-order valence-corrected chi connectivity index (χ3v) is 6.96. The van der Waals surface area contributed by atoms with Gasteiger partial charge in [-0.2, -0.15) is 0 Å². The summed E-state index contributed by atoms with van der Waals surface area (Å²) in [4.78, 5) is 40.3. The third-order valence-electron chi connectivity index (χ3n) is 6.67. The zero-order chi connectivity index (χ0) is 28.3. The first kappa shape index (κ1) is 27.8. The highest BCUT2D eigenvalue weighted by molar-refractivity contribution is 6.33. The number of anilines is 3. The number of pyridine rings is 1. The fourth-order valence-corrected chi connectivity index (χ4v) is 5.06. The van der Waals surface area contributed by atoms with E-state index in [9.17, 15) is 19.1 Å². The molecule has 1 unspecified atom stereocenters. The van der Waals surface area contributed by atoms with Crippen molar-refractivity contribution in [1.82, 2.24) is 14.8 Å². The molecular weight excluding hydrogens is 523 g/mol. The second-order valence-corrected chi connectivity index (χ2v) is 9.78. The Kier molecular flexibility index (Phi) is 8.35. The van der Waals surface area contributed by atoms with E-state index in [2.05, 4.69) is 4.99 Å². The molecule has 2 heterocycles. The van der Waals surface area contributed by atoms with E-state index in [0.717, 1.165) is 12.1 Å². The van der Waals surface area contributed by atoms with E-state index in [0.29, 0.717) is 43.1 Å². The lowest BCUT2D eigenvalue weighted by Crippen LogP contribution is -2.53. The SMILES string of the molecule is C/N=C(\c1cc(Cl)c(-c2c(O)cccc2F)nc1N(C=O)c1ccccc1N(C)C)N1CCN(C=O)CC1C. The number of phenolic OH excluding ortho intramolecular Hbond substituents is 1. The van der Waals surface area contributed by atoms with E-state index < -0.39 is 5.82 Å². The van der Waals surface area contributed by atoms with Gasteiger partial charge in [0.25, 0.3) is 0 Å². The minimum Gasteiger partial charge on any atom is -0.507 e. The maximum absolute atomic E-state index is 14.9. The Balaban J connectivity index is 1.98. The van der Waals surface area contributed by atoms with Gasteiger partial charge < -0.3 is 19.8 Å². The van der Waals surface area contributed by atoms with Gasteiger partial charge in [0.05, 0.1) is 33.2 Å². The summed E-state index contributed by atoms with van der Waals surface area (Å²) < 4.78 is 14.9. The number of carbonyl (C=O) groups excluding carboxylic acids is 2. The van der Waals surface area contributed by atoms with Crippen LogP contribution in [0.3, 0.4) is 0 Å². The highest BCUT2D eigenvalue weighted by Gasteiger charge is 2.31. The number of aromatic nitrogens is 1. The molecule has 0 spiro atoms. The van der Waals surface area contributed by atoms with Crippen LogP contribution in [-0.4, -0.2) is 85.4 Å². The zero-order valence-corrected chi connectivity index (χ0v) is 22.9. The largest absolute Gasteiger partial charge is 0.507 e. The van der Waals surface area contributed by atoms with E-state index in [1.54, 1.807) is 30.1 Å². The number of carbonyl (C=O) groups is 2. The molecule has 2 aromatic carbocycles. The van der Waals surface area contributed by atoms with Crippen LogP contribution < -0.4 is 9.80 Å². The molecule has 204 valence electrons. The number of hydrogen-bond donors (Lipinski definition) is 1. The molecule has 1 N–H and O–H groups in total. The number of hydrogen-bond acceptors (Lipinski definition) is 6. The Morgan fingerprint density at radius 3 is 2.46 bits per heavy atom.